The third-order valence-corrected chi connectivity index (χ3v) is 6.73. The highest BCUT2D eigenvalue weighted by Crippen LogP contribution is 2.30. The second-order valence-electron chi connectivity index (χ2n) is 7.80. The van der Waals surface area contributed by atoms with E-state index in [1.54, 1.807) is 6.08 Å². The molecule has 7 heteroatoms. The van der Waals surface area contributed by atoms with Gasteiger partial charge in [0.2, 0.25) is 0 Å². The first kappa shape index (κ1) is 19.6. The van der Waals surface area contributed by atoms with Crippen LogP contribution in [0.3, 0.4) is 0 Å². The number of hydrogen-bond acceptors (Lipinski definition) is 3. The molecule has 1 fully saturated rings. The summed E-state index contributed by atoms with van der Waals surface area (Å²) in [6.45, 7) is 8.20. The van der Waals surface area contributed by atoms with E-state index < -0.39 is 10.2 Å². The maximum absolute atomic E-state index is 13.3. The molecule has 2 unspecified atom stereocenters. The molecule has 0 bridgehead atoms. The third-order valence-electron chi connectivity index (χ3n) is 5.41. The molecule has 27 heavy (non-hydrogen) atoms. The summed E-state index contributed by atoms with van der Waals surface area (Å²) in [6.07, 6.45) is 3.42. The number of allylic oxidation sites excluding steroid dienone is 1. The number of piperidine rings is 1. The van der Waals surface area contributed by atoms with E-state index in [1.807, 2.05) is 49.9 Å². The Hall–Kier alpha value is -2.15. The smallest absolute Gasteiger partial charge is 0.332 e. The van der Waals surface area contributed by atoms with Crippen molar-refractivity contribution in [2.75, 3.05) is 7.05 Å². The van der Waals surface area contributed by atoms with Gasteiger partial charge in [-0.3, -0.25) is 4.79 Å². The zero-order valence-electron chi connectivity index (χ0n) is 16.5. The molecule has 0 aliphatic carbocycles. The van der Waals surface area contributed by atoms with Crippen LogP contribution in [0.4, 0.5) is 0 Å². The summed E-state index contributed by atoms with van der Waals surface area (Å²) in [7, 11) is -2.56. The molecule has 2 aliphatic heterocycles. The zero-order chi connectivity index (χ0) is 19.9. The molecular formula is C20H27N3O3S. The zero-order valence-corrected chi connectivity index (χ0v) is 17.3. The lowest BCUT2D eigenvalue weighted by Crippen LogP contribution is -2.52. The van der Waals surface area contributed by atoms with Crippen LogP contribution in [0.25, 0.3) is 0 Å². The number of nitrogens with zero attached hydrogens (tertiary/aromatic N) is 3. The third kappa shape index (κ3) is 3.78. The normalized spacial score (nSPS) is 27.8. The van der Waals surface area contributed by atoms with Crippen LogP contribution in [0, 0.1) is 12.8 Å². The molecule has 0 N–H and O–H groups in total. The Labute approximate surface area is 161 Å². The molecule has 2 aliphatic rings. The van der Waals surface area contributed by atoms with E-state index in [-0.39, 0.29) is 23.7 Å². The molecule has 1 amide bonds. The second kappa shape index (κ2) is 7.11. The minimum absolute atomic E-state index is 0.0648. The number of carbonyl (C=O) groups excluding carboxylic acids is 1. The fourth-order valence-electron chi connectivity index (χ4n) is 4.07. The molecule has 1 aromatic carbocycles. The minimum Gasteiger partial charge on any atom is -0.332 e. The first-order valence-electron chi connectivity index (χ1n) is 9.30. The number of rotatable bonds is 2. The van der Waals surface area contributed by atoms with Crippen molar-refractivity contribution in [1.29, 1.82) is 0 Å². The van der Waals surface area contributed by atoms with E-state index in [0.29, 0.717) is 17.2 Å². The predicted octanol–water partition coefficient (Wildman–Crippen LogP) is 2.89. The molecule has 0 spiro atoms. The van der Waals surface area contributed by atoms with Crippen molar-refractivity contribution in [3.05, 3.63) is 47.2 Å². The highest BCUT2D eigenvalue weighted by atomic mass is 32.2. The number of aryl methyl sites for hydroxylation is 1. The van der Waals surface area contributed by atoms with Crippen molar-refractivity contribution in [2.24, 2.45) is 10.3 Å². The van der Waals surface area contributed by atoms with Crippen LogP contribution >= 0.6 is 0 Å². The van der Waals surface area contributed by atoms with Crippen LogP contribution in [0.1, 0.15) is 44.7 Å². The van der Waals surface area contributed by atoms with Gasteiger partial charge in [-0.05, 0) is 45.6 Å². The fourth-order valence-corrected chi connectivity index (χ4v) is 4.98. The van der Waals surface area contributed by atoms with Crippen molar-refractivity contribution in [1.82, 2.24) is 9.21 Å². The molecule has 2 atom stereocenters. The fraction of sp³-hybridized carbons (Fsp3) is 0.500. The Bertz CT molecular complexity index is 891. The van der Waals surface area contributed by atoms with Crippen LogP contribution in [-0.2, 0) is 15.0 Å². The number of benzene rings is 1. The lowest BCUT2D eigenvalue weighted by molar-refractivity contribution is -0.134. The SMILES string of the molecule is Cc1ccc(C2=NS(=O)(=O)N(C)C(C(=O)N3C(C)CC(C)CC3C)=C2)cc1. The van der Waals surface area contributed by atoms with Crippen LogP contribution < -0.4 is 0 Å². The van der Waals surface area contributed by atoms with Gasteiger partial charge >= 0.3 is 10.2 Å². The van der Waals surface area contributed by atoms with Gasteiger partial charge in [-0.25, -0.2) is 4.31 Å². The number of hydrogen-bond donors (Lipinski definition) is 0. The first-order chi connectivity index (χ1) is 12.6. The summed E-state index contributed by atoms with van der Waals surface area (Å²) < 4.78 is 30.0. The Morgan fingerprint density at radius 1 is 1.07 bits per heavy atom. The molecule has 3 rings (SSSR count). The first-order valence-corrected chi connectivity index (χ1v) is 10.7. The summed E-state index contributed by atoms with van der Waals surface area (Å²) in [5.74, 6) is 0.290. The van der Waals surface area contributed by atoms with Crippen molar-refractivity contribution < 1.29 is 13.2 Å². The minimum atomic E-state index is -3.94. The highest BCUT2D eigenvalue weighted by molar-refractivity contribution is 7.88. The molecule has 146 valence electrons. The quantitative estimate of drug-likeness (QED) is 0.781. The molecule has 0 radical (unpaired) electrons. The van der Waals surface area contributed by atoms with Crippen LogP contribution in [0.2, 0.25) is 0 Å². The van der Waals surface area contributed by atoms with Gasteiger partial charge in [-0.2, -0.15) is 8.42 Å². The summed E-state index contributed by atoms with van der Waals surface area (Å²) in [5, 5.41) is 0. The summed E-state index contributed by atoms with van der Waals surface area (Å²) in [5.41, 5.74) is 2.19. The van der Waals surface area contributed by atoms with Gasteiger partial charge in [0, 0.05) is 24.7 Å². The Morgan fingerprint density at radius 3 is 2.19 bits per heavy atom. The molecule has 0 aromatic heterocycles. The molecular weight excluding hydrogens is 362 g/mol. The summed E-state index contributed by atoms with van der Waals surface area (Å²) >= 11 is 0. The molecule has 1 saturated heterocycles. The van der Waals surface area contributed by atoms with Crippen molar-refractivity contribution >= 4 is 21.8 Å². The molecule has 6 nitrogen and oxygen atoms in total. The van der Waals surface area contributed by atoms with E-state index in [9.17, 15) is 13.2 Å². The lowest BCUT2D eigenvalue weighted by atomic mass is 9.88. The molecule has 2 heterocycles. The standard InChI is InChI=1S/C20H27N3O3S/c1-13-6-8-17(9-7-13)18-12-19(22(5)27(25,26)21-18)20(24)23-15(3)10-14(2)11-16(23)4/h6-9,12,14-16H,10-11H2,1-5H3. The number of carbonyl (C=O) groups is 1. The average Bonchev–Trinajstić information content (AvgIpc) is 2.56. The Kier molecular flexibility index (Phi) is 5.16. The van der Waals surface area contributed by atoms with Crippen LogP contribution in [0.15, 0.2) is 40.4 Å². The average molecular weight is 390 g/mol. The summed E-state index contributed by atoms with van der Waals surface area (Å²) in [4.78, 5) is 15.1. The van der Waals surface area contributed by atoms with E-state index in [4.69, 9.17) is 0 Å². The van der Waals surface area contributed by atoms with Gasteiger partial charge in [0.1, 0.15) is 5.70 Å². The molecule has 1 aromatic rings. The van der Waals surface area contributed by atoms with Crippen molar-refractivity contribution in [3.63, 3.8) is 0 Å². The number of amides is 1. The van der Waals surface area contributed by atoms with E-state index >= 15 is 0 Å². The molecule has 0 saturated carbocycles. The van der Waals surface area contributed by atoms with Crippen LogP contribution in [-0.4, -0.2) is 48.4 Å². The number of likely N-dealkylation sites (N-methyl/N-ethyl adjacent to an activating group) is 1. The predicted molar refractivity (Wildman–Crippen MR) is 107 cm³/mol. The van der Waals surface area contributed by atoms with Crippen molar-refractivity contribution in [3.8, 4) is 0 Å². The van der Waals surface area contributed by atoms with E-state index in [1.165, 1.54) is 7.05 Å². The largest absolute Gasteiger partial charge is 0.345 e. The maximum atomic E-state index is 13.3. The summed E-state index contributed by atoms with van der Waals surface area (Å²) in [6, 6.07) is 7.57. The van der Waals surface area contributed by atoms with Crippen molar-refractivity contribution in [2.45, 2.75) is 52.6 Å². The van der Waals surface area contributed by atoms with Gasteiger partial charge < -0.3 is 4.90 Å². The lowest BCUT2D eigenvalue weighted by Gasteiger charge is -2.43. The van der Waals surface area contributed by atoms with Gasteiger partial charge in [-0.1, -0.05) is 36.8 Å². The van der Waals surface area contributed by atoms with E-state index in [0.717, 1.165) is 22.7 Å². The van der Waals surface area contributed by atoms with Gasteiger partial charge in [0.25, 0.3) is 5.91 Å². The highest BCUT2D eigenvalue weighted by Gasteiger charge is 2.38. The van der Waals surface area contributed by atoms with Gasteiger partial charge in [0.15, 0.2) is 0 Å². The Balaban J connectivity index is 2.01. The second-order valence-corrected chi connectivity index (χ2v) is 9.43. The maximum Gasteiger partial charge on any atom is 0.345 e. The monoisotopic (exact) mass is 389 g/mol. The topological polar surface area (TPSA) is 70.0 Å². The van der Waals surface area contributed by atoms with Gasteiger partial charge in [-0.15, -0.1) is 4.40 Å². The van der Waals surface area contributed by atoms with Gasteiger partial charge in [0.05, 0.1) is 5.71 Å². The number of likely N-dealkylation sites (tertiary alicyclic amines) is 1. The Morgan fingerprint density at radius 2 is 1.63 bits per heavy atom. The van der Waals surface area contributed by atoms with E-state index in [2.05, 4.69) is 11.3 Å². The van der Waals surface area contributed by atoms with Crippen LogP contribution in [0.5, 0.6) is 0 Å².